The van der Waals surface area contributed by atoms with Gasteiger partial charge >= 0.3 is 0 Å². The second-order valence-electron chi connectivity index (χ2n) is 10.5. The number of aryl methyl sites for hydroxylation is 1. The number of piperidine rings is 1. The van der Waals surface area contributed by atoms with Crippen molar-refractivity contribution in [3.63, 3.8) is 0 Å². The second kappa shape index (κ2) is 11.0. The average Bonchev–Trinajstić information content (AvgIpc) is 3.78. The topological polar surface area (TPSA) is 105 Å². The van der Waals surface area contributed by atoms with Crippen molar-refractivity contribution < 1.29 is 17.9 Å². The predicted molar refractivity (Wildman–Crippen MR) is 145 cm³/mol. The molecular formula is C28H38N4O4S. The van der Waals surface area contributed by atoms with Crippen molar-refractivity contribution in [2.45, 2.75) is 54.2 Å². The van der Waals surface area contributed by atoms with Crippen LogP contribution in [0.1, 0.15) is 37.7 Å². The number of likely N-dealkylation sites (tertiary alicyclic amines) is 1. The SMILES string of the molecule is NC(=O)C1(S(=O)(=O)c2ccc(OCCCc3cccc(N4CCNCC4)c3)cc2)CCN(C2CC2)CC1. The lowest BCUT2D eigenvalue weighted by Crippen LogP contribution is -2.57. The molecule has 5 rings (SSSR count). The summed E-state index contributed by atoms with van der Waals surface area (Å²) < 4.78 is 31.4. The molecule has 200 valence electrons. The summed E-state index contributed by atoms with van der Waals surface area (Å²) in [5.41, 5.74) is 8.26. The molecule has 37 heavy (non-hydrogen) atoms. The zero-order valence-electron chi connectivity index (χ0n) is 21.4. The van der Waals surface area contributed by atoms with Gasteiger partial charge in [0.2, 0.25) is 5.91 Å². The minimum atomic E-state index is -3.91. The molecular weight excluding hydrogens is 488 g/mol. The molecule has 0 bridgehead atoms. The van der Waals surface area contributed by atoms with Gasteiger partial charge in [-0.1, -0.05) is 12.1 Å². The van der Waals surface area contributed by atoms with Crippen LogP contribution in [-0.4, -0.2) is 75.9 Å². The molecule has 0 aromatic heterocycles. The fourth-order valence-corrected chi connectivity index (χ4v) is 7.51. The van der Waals surface area contributed by atoms with Crippen LogP contribution in [0.4, 0.5) is 5.69 Å². The summed E-state index contributed by atoms with van der Waals surface area (Å²) in [5.74, 6) is -0.130. The minimum Gasteiger partial charge on any atom is -0.494 e. The van der Waals surface area contributed by atoms with Crippen molar-refractivity contribution >= 4 is 21.4 Å². The van der Waals surface area contributed by atoms with Gasteiger partial charge in [-0.25, -0.2) is 8.42 Å². The lowest BCUT2D eigenvalue weighted by molar-refractivity contribution is -0.121. The number of ether oxygens (including phenoxy) is 1. The number of amides is 1. The largest absolute Gasteiger partial charge is 0.494 e. The second-order valence-corrected chi connectivity index (χ2v) is 12.7. The highest BCUT2D eigenvalue weighted by Crippen LogP contribution is 2.39. The Morgan fingerprint density at radius 1 is 1.03 bits per heavy atom. The minimum absolute atomic E-state index is 0.128. The third kappa shape index (κ3) is 5.63. The van der Waals surface area contributed by atoms with Gasteiger partial charge in [0.15, 0.2) is 14.6 Å². The van der Waals surface area contributed by atoms with E-state index in [-0.39, 0.29) is 17.7 Å². The van der Waals surface area contributed by atoms with E-state index in [4.69, 9.17) is 10.5 Å². The van der Waals surface area contributed by atoms with Gasteiger partial charge in [0, 0.05) is 51.0 Å². The van der Waals surface area contributed by atoms with Gasteiger partial charge in [-0.05, 0) is 80.5 Å². The maximum absolute atomic E-state index is 13.5. The van der Waals surface area contributed by atoms with Gasteiger partial charge in [0.25, 0.3) is 0 Å². The monoisotopic (exact) mass is 526 g/mol. The normalized spacial score (nSPS) is 20.5. The maximum Gasteiger partial charge on any atom is 0.239 e. The number of nitrogens with one attached hydrogen (secondary N) is 1. The molecule has 2 aromatic carbocycles. The summed E-state index contributed by atoms with van der Waals surface area (Å²) >= 11 is 0. The summed E-state index contributed by atoms with van der Waals surface area (Å²) in [6.07, 6.45) is 4.56. The van der Waals surface area contributed by atoms with Crippen LogP contribution in [0.5, 0.6) is 5.75 Å². The third-order valence-electron chi connectivity index (χ3n) is 8.04. The quantitative estimate of drug-likeness (QED) is 0.458. The Morgan fingerprint density at radius 3 is 2.38 bits per heavy atom. The number of benzene rings is 2. The molecule has 8 nitrogen and oxygen atoms in total. The fourth-order valence-electron chi connectivity index (χ4n) is 5.58. The van der Waals surface area contributed by atoms with Gasteiger partial charge < -0.3 is 25.6 Å². The summed E-state index contributed by atoms with van der Waals surface area (Å²) in [6, 6.07) is 15.7. The van der Waals surface area contributed by atoms with Crippen LogP contribution in [0.15, 0.2) is 53.4 Å². The number of carbonyl (C=O) groups is 1. The number of nitrogens with zero attached hydrogens (tertiary/aromatic N) is 2. The number of hydrogen-bond acceptors (Lipinski definition) is 7. The zero-order chi connectivity index (χ0) is 25.9. The first-order chi connectivity index (χ1) is 17.9. The standard InChI is InChI=1S/C28H38N4O4S/c29-27(33)28(12-16-31(17-13-28)23-6-7-23)37(34,35)26-10-8-25(9-11-26)36-20-2-4-22-3-1-5-24(21-22)32-18-14-30-15-19-32/h1,3,5,8-11,21,23,30H,2,4,6-7,12-20H2,(H2,29,33). The molecule has 0 radical (unpaired) electrons. The van der Waals surface area contributed by atoms with Gasteiger partial charge in [-0.2, -0.15) is 0 Å². The van der Waals surface area contributed by atoms with Crippen molar-refractivity contribution in [3.05, 3.63) is 54.1 Å². The summed E-state index contributed by atoms with van der Waals surface area (Å²) in [5, 5.41) is 3.38. The highest BCUT2D eigenvalue weighted by molar-refractivity contribution is 7.93. The molecule has 9 heteroatoms. The Kier molecular flexibility index (Phi) is 7.74. The van der Waals surface area contributed by atoms with Crippen LogP contribution in [0.2, 0.25) is 0 Å². The predicted octanol–water partition coefficient (Wildman–Crippen LogP) is 2.36. The van der Waals surface area contributed by atoms with Crippen molar-refractivity contribution in [1.29, 1.82) is 0 Å². The van der Waals surface area contributed by atoms with Crippen LogP contribution >= 0.6 is 0 Å². The molecule has 1 saturated carbocycles. The molecule has 2 aliphatic heterocycles. The highest BCUT2D eigenvalue weighted by Gasteiger charge is 2.52. The van der Waals surface area contributed by atoms with Crippen LogP contribution in [0.25, 0.3) is 0 Å². The molecule has 0 spiro atoms. The van der Waals surface area contributed by atoms with Gasteiger partial charge in [-0.15, -0.1) is 0 Å². The van der Waals surface area contributed by atoms with Crippen LogP contribution < -0.4 is 20.7 Å². The summed E-state index contributed by atoms with van der Waals surface area (Å²) in [7, 11) is -3.91. The number of hydrogen-bond donors (Lipinski definition) is 2. The number of sulfone groups is 1. The average molecular weight is 527 g/mol. The van der Waals surface area contributed by atoms with Crippen molar-refractivity contribution in [1.82, 2.24) is 10.2 Å². The van der Waals surface area contributed by atoms with E-state index < -0.39 is 20.5 Å². The van der Waals surface area contributed by atoms with E-state index >= 15 is 0 Å². The summed E-state index contributed by atoms with van der Waals surface area (Å²) in [4.78, 5) is 17.3. The molecule has 2 saturated heterocycles. The Morgan fingerprint density at radius 2 is 1.73 bits per heavy atom. The highest BCUT2D eigenvalue weighted by atomic mass is 32.2. The van der Waals surface area contributed by atoms with E-state index in [1.807, 2.05) is 0 Å². The Bertz CT molecular complexity index is 1180. The maximum atomic E-state index is 13.5. The fraction of sp³-hybridized carbons (Fsp3) is 0.536. The number of anilines is 1. The molecule has 3 fully saturated rings. The molecule has 3 N–H and O–H groups in total. The van der Waals surface area contributed by atoms with E-state index in [1.165, 1.54) is 11.3 Å². The first-order valence-electron chi connectivity index (χ1n) is 13.5. The van der Waals surface area contributed by atoms with Gasteiger partial charge in [0.1, 0.15) is 5.75 Å². The third-order valence-corrected chi connectivity index (χ3v) is 10.6. The molecule has 2 aromatic rings. The van der Waals surface area contributed by atoms with Crippen LogP contribution in [0, 0.1) is 0 Å². The number of carbonyl (C=O) groups excluding carboxylic acids is 1. The lowest BCUT2D eigenvalue weighted by atomic mass is 9.95. The van der Waals surface area contributed by atoms with Gasteiger partial charge in [0.05, 0.1) is 11.5 Å². The Hall–Kier alpha value is -2.62. The van der Waals surface area contributed by atoms with E-state index in [0.717, 1.165) is 51.9 Å². The van der Waals surface area contributed by atoms with Crippen LogP contribution in [-0.2, 0) is 21.1 Å². The summed E-state index contributed by atoms with van der Waals surface area (Å²) in [6.45, 7) is 5.79. The van der Waals surface area contributed by atoms with E-state index in [2.05, 4.69) is 39.4 Å². The lowest BCUT2D eigenvalue weighted by Gasteiger charge is -2.39. The van der Waals surface area contributed by atoms with E-state index in [0.29, 0.717) is 31.5 Å². The zero-order valence-corrected chi connectivity index (χ0v) is 22.2. The van der Waals surface area contributed by atoms with Crippen LogP contribution in [0.3, 0.4) is 0 Å². The van der Waals surface area contributed by atoms with E-state index in [1.54, 1.807) is 24.3 Å². The first-order valence-corrected chi connectivity index (χ1v) is 14.9. The number of piperazine rings is 1. The molecule has 0 unspecified atom stereocenters. The van der Waals surface area contributed by atoms with Crippen molar-refractivity contribution in [2.24, 2.45) is 5.73 Å². The van der Waals surface area contributed by atoms with E-state index in [9.17, 15) is 13.2 Å². The molecule has 1 aliphatic carbocycles. The first kappa shape index (κ1) is 26.0. The number of nitrogens with two attached hydrogens (primary N) is 1. The Balaban J connectivity index is 1.15. The van der Waals surface area contributed by atoms with Gasteiger partial charge in [-0.3, -0.25) is 4.79 Å². The molecule has 1 amide bonds. The van der Waals surface area contributed by atoms with Crippen molar-refractivity contribution in [2.75, 3.05) is 50.8 Å². The smallest absolute Gasteiger partial charge is 0.239 e. The number of primary amides is 1. The molecule has 0 atom stereocenters. The number of rotatable bonds is 10. The molecule has 2 heterocycles. The van der Waals surface area contributed by atoms with Crippen molar-refractivity contribution in [3.8, 4) is 5.75 Å². The molecule has 3 aliphatic rings. The Labute approximate surface area is 220 Å².